The van der Waals surface area contributed by atoms with Gasteiger partial charge in [-0.3, -0.25) is 14.9 Å². The molecule has 0 unspecified atom stereocenters. The Morgan fingerprint density at radius 2 is 1.61 bits per heavy atom. The number of nitrogens with one attached hydrogen (secondary N) is 1. The van der Waals surface area contributed by atoms with Gasteiger partial charge < -0.3 is 10.8 Å². The molecule has 0 saturated heterocycles. The fraction of sp³-hybridized carbons (Fsp3) is 0.524. The van der Waals surface area contributed by atoms with Crippen LogP contribution in [0.5, 0.6) is 0 Å². The van der Waals surface area contributed by atoms with Crippen molar-refractivity contribution < 1.29 is 32.7 Å². The lowest BCUT2D eigenvalue weighted by atomic mass is 9.97. The van der Waals surface area contributed by atoms with Gasteiger partial charge in [-0.25, -0.2) is 9.79 Å². The van der Waals surface area contributed by atoms with E-state index in [4.69, 9.17) is 15.6 Å². The SMILES string of the molecule is CC(C)CCC(=O)[C@@H](Cc1ccccc1)N=C(N)NC(=O)C(C)C.O=C(O)C(F)(F)F. The number of rotatable bonds is 8. The van der Waals surface area contributed by atoms with Gasteiger partial charge in [0, 0.05) is 18.8 Å². The van der Waals surface area contributed by atoms with Crippen molar-refractivity contribution in [3.63, 3.8) is 0 Å². The number of carboxylic acids is 1. The van der Waals surface area contributed by atoms with E-state index >= 15 is 0 Å². The predicted octanol–water partition coefficient (Wildman–Crippen LogP) is 3.32. The number of halogens is 3. The maximum absolute atomic E-state index is 12.5. The van der Waals surface area contributed by atoms with Gasteiger partial charge in [-0.2, -0.15) is 13.2 Å². The van der Waals surface area contributed by atoms with E-state index < -0.39 is 18.2 Å². The Kier molecular flexibility index (Phi) is 12.1. The lowest BCUT2D eigenvalue weighted by molar-refractivity contribution is -0.192. The zero-order valence-corrected chi connectivity index (χ0v) is 18.1. The summed E-state index contributed by atoms with van der Waals surface area (Å²) in [5, 5.41) is 9.68. The number of aliphatic imine (C=N–C) groups is 1. The molecule has 1 rings (SSSR count). The summed E-state index contributed by atoms with van der Waals surface area (Å²) in [7, 11) is 0. The molecule has 0 aliphatic heterocycles. The first-order chi connectivity index (χ1) is 14.2. The summed E-state index contributed by atoms with van der Waals surface area (Å²) in [4.78, 5) is 37.4. The zero-order valence-electron chi connectivity index (χ0n) is 18.1. The van der Waals surface area contributed by atoms with Gasteiger partial charge in [0.25, 0.3) is 0 Å². The number of ketones is 1. The molecule has 174 valence electrons. The van der Waals surface area contributed by atoms with Crippen molar-refractivity contribution in [2.24, 2.45) is 22.6 Å². The first-order valence-corrected chi connectivity index (χ1v) is 9.74. The summed E-state index contributed by atoms with van der Waals surface area (Å²) in [6.45, 7) is 7.72. The number of carbonyl (C=O) groups is 3. The minimum atomic E-state index is -5.08. The molecule has 0 aromatic heterocycles. The fourth-order valence-electron chi connectivity index (χ4n) is 2.14. The molecular formula is C21H30F3N3O4. The third kappa shape index (κ3) is 13.1. The minimum absolute atomic E-state index is 0.00697. The van der Waals surface area contributed by atoms with Gasteiger partial charge >= 0.3 is 12.1 Å². The van der Waals surface area contributed by atoms with E-state index in [0.717, 1.165) is 12.0 Å². The number of nitrogens with zero attached hydrogens (tertiary/aromatic N) is 1. The largest absolute Gasteiger partial charge is 0.490 e. The second-order valence-electron chi connectivity index (χ2n) is 7.57. The van der Waals surface area contributed by atoms with Gasteiger partial charge in [-0.1, -0.05) is 58.0 Å². The van der Waals surface area contributed by atoms with Crippen LogP contribution in [0.2, 0.25) is 0 Å². The quantitative estimate of drug-likeness (QED) is 0.419. The fourth-order valence-corrected chi connectivity index (χ4v) is 2.14. The average Bonchev–Trinajstić information content (AvgIpc) is 2.65. The maximum atomic E-state index is 12.5. The Bertz CT molecular complexity index is 748. The number of nitrogens with two attached hydrogens (primary N) is 1. The normalized spacial score (nSPS) is 12.7. The van der Waals surface area contributed by atoms with Crippen LogP contribution in [-0.4, -0.2) is 40.9 Å². The van der Waals surface area contributed by atoms with E-state index in [1.165, 1.54) is 0 Å². The molecule has 7 nitrogen and oxygen atoms in total. The van der Waals surface area contributed by atoms with Crippen molar-refractivity contribution >= 4 is 23.6 Å². The second kappa shape index (κ2) is 13.4. The number of benzene rings is 1. The number of carbonyl (C=O) groups excluding carboxylic acids is 2. The van der Waals surface area contributed by atoms with Gasteiger partial charge in [-0.15, -0.1) is 0 Å². The molecule has 31 heavy (non-hydrogen) atoms. The Labute approximate surface area is 179 Å². The molecule has 1 amide bonds. The summed E-state index contributed by atoms with van der Waals surface area (Å²) < 4.78 is 31.7. The monoisotopic (exact) mass is 445 g/mol. The highest BCUT2D eigenvalue weighted by Crippen LogP contribution is 2.13. The van der Waals surface area contributed by atoms with Crippen molar-refractivity contribution in [1.82, 2.24) is 5.32 Å². The number of hydrogen-bond donors (Lipinski definition) is 3. The summed E-state index contributed by atoms with van der Waals surface area (Å²) in [6, 6.07) is 9.14. The molecule has 0 fully saturated rings. The van der Waals surface area contributed by atoms with Crippen LogP contribution in [0.15, 0.2) is 35.3 Å². The molecule has 0 radical (unpaired) electrons. The van der Waals surface area contributed by atoms with Crippen molar-refractivity contribution in [2.45, 2.75) is 59.2 Å². The van der Waals surface area contributed by atoms with E-state index in [9.17, 15) is 22.8 Å². The topological polar surface area (TPSA) is 122 Å². The Morgan fingerprint density at radius 3 is 2.03 bits per heavy atom. The average molecular weight is 445 g/mol. The predicted molar refractivity (Wildman–Crippen MR) is 111 cm³/mol. The lowest BCUT2D eigenvalue weighted by Gasteiger charge is -2.15. The van der Waals surface area contributed by atoms with Crippen molar-refractivity contribution in [2.75, 3.05) is 0 Å². The molecule has 0 bridgehead atoms. The summed E-state index contributed by atoms with van der Waals surface area (Å²) in [5.41, 5.74) is 6.85. The smallest absolute Gasteiger partial charge is 0.475 e. The van der Waals surface area contributed by atoms with Gasteiger partial charge in [0.1, 0.15) is 6.04 Å². The highest BCUT2D eigenvalue weighted by atomic mass is 19.4. The number of hydrogen-bond acceptors (Lipinski definition) is 4. The van der Waals surface area contributed by atoms with Crippen LogP contribution in [0.1, 0.15) is 46.1 Å². The van der Waals surface area contributed by atoms with Gasteiger partial charge in [-0.05, 0) is 17.9 Å². The van der Waals surface area contributed by atoms with Crippen molar-refractivity contribution in [1.29, 1.82) is 0 Å². The number of guanidine groups is 1. The highest BCUT2D eigenvalue weighted by molar-refractivity contribution is 5.98. The first kappa shape index (κ1) is 28.1. The Morgan fingerprint density at radius 1 is 1.10 bits per heavy atom. The standard InChI is InChI=1S/C19H29N3O2.C2HF3O2/c1-13(2)10-11-17(23)16(12-15-8-6-5-7-9-15)21-19(20)22-18(24)14(3)4;3-2(4,5)1(6)7/h5-9,13-14,16H,10-12H2,1-4H3,(H3,20,21,22,24);(H,6,7)/t16-;/m1./s1. The molecule has 0 spiro atoms. The molecule has 1 aromatic rings. The third-order valence-electron chi connectivity index (χ3n) is 3.92. The molecule has 0 heterocycles. The van der Waals surface area contributed by atoms with Crippen LogP contribution in [0.4, 0.5) is 13.2 Å². The molecule has 1 aromatic carbocycles. The Hall–Kier alpha value is -2.91. The van der Waals surface area contributed by atoms with E-state index in [1.54, 1.807) is 13.8 Å². The number of carboxylic acid groups (broad SMARTS) is 1. The van der Waals surface area contributed by atoms with Crippen LogP contribution in [0.25, 0.3) is 0 Å². The molecule has 10 heteroatoms. The third-order valence-corrected chi connectivity index (χ3v) is 3.92. The van der Waals surface area contributed by atoms with Crippen LogP contribution in [0, 0.1) is 11.8 Å². The second-order valence-corrected chi connectivity index (χ2v) is 7.57. The maximum Gasteiger partial charge on any atom is 0.490 e. The first-order valence-electron chi connectivity index (χ1n) is 9.74. The van der Waals surface area contributed by atoms with Crippen LogP contribution in [0.3, 0.4) is 0 Å². The molecule has 0 aliphatic carbocycles. The summed E-state index contributed by atoms with van der Waals surface area (Å²) >= 11 is 0. The molecule has 1 atom stereocenters. The van der Waals surface area contributed by atoms with E-state index in [2.05, 4.69) is 24.2 Å². The number of Topliss-reactive ketones (excluding diaryl/α,β-unsaturated/α-hetero) is 1. The van der Waals surface area contributed by atoms with Gasteiger partial charge in [0.05, 0.1) is 0 Å². The zero-order chi connectivity index (χ0) is 24.2. The summed E-state index contributed by atoms with van der Waals surface area (Å²) in [6.07, 6.45) is -3.32. The molecule has 0 aliphatic rings. The van der Waals surface area contributed by atoms with E-state index in [1.807, 2.05) is 30.3 Å². The summed E-state index contributed by atoms with van der Waals surface area (Å²) in [5.74, 6) is -2.64. The Balaban J connectivity index is 0.00000110. The molecular weight excluding hydrogens is 415 g/mol. The number of alkyl halides is 3. The highest BCUT2D eigenvalue weighted by Gasteiger charge is 2.38. The van der Waals surface area contributed by atoms with E-state index in [0.29, 0.717) is 18.8 Å². The molecule has 0 saturated carbocycles. The lowest BCUT2D eigenvalue weighted by Crippen LogP contribution is -2.41. The van der Waals surface area contributed by atoms with Crippen molar-refractivity contribution in [3.8, 4) is 0 Å². The molecule has 4 N–H and O–H groups in total. The van der Waals surface area contributed by atoms with Crippen LogP contribution < -0.4 is 11.1 Å². The van der Waals surface area contributed by atoms with Gasteiger partial charge in [0.2, 0.25) is 5.91 Å². The van der Waals surface area contributed by atoms with Gasteiger partial charge in [0.15, 0.2) is 11.7 Å². The van der Waals surface area contributed by atoms with E-state index in [-0.39, 0.29) is 23.6 Å². The van der Waals surface area contributed by atoms with Crippen LogP contribution >= 0.6 is 0 Å². The van der Waals surface area contributed by atoms with Crippen LogP contribution in [-0.2, 0) is 20.8 Å². The number of amides is 1. The minimum Gasteiger partial charge on any atom is -0.475 e. The van der Waals surface area contributed by atoms with Crippen molar-refractivity contribution in [3.05, 3.63) is 35.9 Å². The number of aliphatic carboxylic acids is 1.